The number of esters is 1. The van der Waals surface area contributed by atoms with Gasteiger partial charge in [0.05, 0.1) is 6.61 Å². The van der Waals surface area contributed by atoms with E-state index in [4.69, 9.17) is 21.1 Å². The zero-order valence-electron chi connectivity index (χ0n) is 12.4. The Morgan fingerprint density at radius 2 is 1.87 bits per heavy atom. The standard InChI is InChI=1S/C18H17ClO4/c19-14-8-6-13(7-9-14)15-11-22-17(16(15)20)18(21)23-10-12-4-2-1-3-5-12/h1-9,15-17,20H,10-11H2/t15-,16+,17+/m1/s1. The Labute approximate surface area is 139 Å². The summed E-state index contributed by atoms with van der Waals surface area (Å²) in [6, 6.07) is 16.6. The van der Waals surface area contributed by atoms with Gasteiger partial charge in [-0.3, -0.25) is 0 Å². The maximum absolute atomic E-state index is 12.1. The van der Waals surface area contributed by atoms with E-state index in [0.29, 0.717) is 5.02 Å². The summed E-state index contributed by atoms with van der Waals surface area (Å²) < 4.78 is 10.7. The highest BCUT2D eigenvalue weighted by atomic mass is 35.5. The van der Waals surface area contributed by atoms with Crippen LogP contribution in [0.15, 0.2) is 54.6 Å². The van der Waals surface area contributed by atoms with Crippen LogP contribution in [0.4, 0.5) is 0 Å². The van der Waals surface area contributed by atoms with Crippen LogP contribution in [-0.2, 0) is 20.9 Å². The minimum absolute atomic E-state index is 0.165. The summed E-state index contributed by atoms with van der Waals surface area (Å²) in [5.41, 5.74) is 1.78. The first-order valence-corrected chi connectivity index (χ1v) is 7.78. The van der Waals surface area contributed by atoms with Crippen LogP contribution >= 0.6 is 11.6 Å². The van der Waals surface area contributed by atoms with E-state index in [0.717, 1.165) is 11.1 Å². The first-order chi connectivity index (χ1) is 11.1. The molecule has 0 saturated carbocycles. The highest BCUT2D eigenvalue weighted by Gasteiger charge is 2.42. The van der Waals surface area contributed by atoms with Crippen LogP contribution in [0.25, 0.3) is 0 Å². The molecule has 0 bridgehead atoms. The maximum atomic E-state index is 12.1. The van der Waals surface area contributed by atoms with Crippen molar-refractivity contribution in [1.82, 2.24) is 0 Å². The van der Waals surface area contributed by atoms with Gasteiger partial charge in [-0.25, -0.2) is 4.79 Å². The number of ether oxygens (including phenoxy) is 2. The Hall–Kier alpha value is -1.88. The largest absolute Gasteiger partial charge is 0.459 e. The monoisotopic (exact) mass is 332 g/mol. The quantitative estimate of drug-likeness (QED) is 0.875. The van der Waals surface area contributed by atoms with Crippen molar-refractivity contribution in [2.45, 2.75) is 24.7 Å². The van der Waals surface area contributed by atoms with E-state index in [-0.39, 0.29) is 19.1 Å². The van der Waals surface area contributed by atoms with E-state index in [1.807, 2.05) is 42.5 Å². The predicted molar refractivity (Wildman–Crippen MR) is 86.2 cm³/mol. The topological polar surface area (TPSA) is 55.8 Å². The molecule has 1 aliphatic heterocycles. The van der Waals surface area contributed by atoms with Crippen molar-refractivity contribution >= 4 is 17.6 Å². The van der Waals surface area contributed by atoms with Gasteiger partial charge in [-0.2, -0.15) is 0 Å². The van der Waals surface area contributed by atoms with Gasteiger partial charge in [0.1, 0.15) is 12.7 Å². The lowest BCUT2D eigenvalue weighted by molar-refractivity contribution is -0.159. The van der Waals surface area contributed by atoms with Crippen LogP contribution < -0.4 is 0 Å². The Morgan fingerprint density at radius 1 is 1.17 bits per heavy atom. The molecule has 3 atom stereocenters. The fourth-order valence-electron chi connectivity index (χ4n) is 2.64. The SMILES string of the molecule is O=C(OCc1ccccc1)[C@H]1OC[C@H](c2ccc(Cl)cc2)[C@@H]1O. The third-order valence-corrected chi connectivity index (χ3v) is 4.18. The van der Waals surface area contributed by atoms with E-state index in [1.165, 1.54) is 0 Å². The number of hydrogen-bond acceptors (Lipinski definition) is 4. The molecule has 1 aliphatic rings. The fourth-order valence-corrected chi connectivity index (χ4v) is 2.76. The van der Waals surface area contributed by atoms with Gasteiger partial charge in [-0.15, -0.1) is 0 Å². The Kier molecular flexibility index (Phi) is 4.96. The Balaban J connectivity index is 1.60. The normalized spacial score (nSPS) is 23.7. The van der Waals surface area contributed by atoms with Crippen LogP contribution in [-0.4, -0.2) is 29.9 Å². The first kappa shape index (κ1) is 16.0. The highest BCUT2D eigenvalue weighted by molar-refractivity contribution is 6.30. The average molecular weight is 333 g/mol. The van der Waals surface area contributed by atoms with Crippen LogP contribution in [0, 0.1) is 0 Å². The molecule has 3 rings (SSSR count). The molecule has 120 valence electrons. The molecule has 1 saturated heterocycles. The summed E-state index contributed by atoms with van der Waals surface area (Å²) in [4.78, 5) is 12.1. The highest BCUT2D eigenvalue weighted by Crippen LogP contribution is 2.31. The number of rotatable bonds is 4. The third-order valence-electron chi connectivity index (χ3n) is 3.93. The van der Waals surface area contributed by atoms with Gasteiger partial charge >= 0.3 is 5.97 Å². The van der Waals surface area contributed by atoms with E-state index >= 15 is 0 Å². The van der Waals surface area contributed by atoms with Gasteiger partial charge in [0, 0.05) is 10.9 Å². The van der Waals surface area contributed by atoms with Crippen molar-refractivity contribution in [2.24, 2.45) is 0 Å². The second-order valence-corrected chi connectivity index (χ2v) is 5.93. The molecule has 0 radical (unpaired) electrons. The number of halogens is 1. The van der Waals surface area contributed by atoms with Crippen LogP contribution in [0.1, 0.15) is 17.0 Å². The van der Waals surface area contributed by atoms with Crippen LogP contribution in [0.2, 0.25) is 5.02 Å². The molecule has 23 heavy (non-hydrogen) atoms. The summed E-state index contributed by atoms with van der Waals surface area (Å²) in [5, 5.41) is 11.0. The molecule has 0 aromatic heterocycles. The van der Waals surface area contributed by atoms with Crippen molar-refractivity contribution in [3.63, 3.8) is 0 Å². The average Bonchev–Trinajstić information content (AvgIpc) is 2.96. The lowest BCUT2D eigenvalue weighted by Crippen LogP contribution is -2.34. The van der Waals surface area contributed by atoms with E-state index in [1.54, 1.807) is 12.1 Å². The zero-order chi connectivity index (χ0) is 16.2. The molecule has 2 aromatic rings. The van der Waals surface area contributed by atoms with Crippen molar-refractivity contribution in [1.29, 1.82) is 0 Å². The number of hydrogen-bond donors (Lipinski definition) is 1. The number of carbonyl (C=O) groups is 1. The minimum atomic E-state index is -0.959. The summed E-state index contributed by atoms with van der Waals surface area (Å²) in [6.45, 7) is 0.436. The third kappa shape index (κ3) is 3.72. The van der Waals surface area contributed by atoms with Gasteiger partial charge < -0.3 is 14.6 Å². The number of benzene rings is 2. The molecule has 1 fully saturated rings. The van der Waals surface area contributed by atoms with E-state index in [9.17, 15) is 9.90 Å². The van der Waals surface area contributed by atoms with E-state index in [2.05, 4.69) is 0 Å². The lowest BCUT2D eigenvalue weighted by atomic mass is 9.93. The zero-order valence-corrected chi connectivity index (χ0v) is 13.1. The molecule has 0 unspecified atom stereocenters. The van der Waals surface area contributed by atoms with Crippen molar-refractivity contribution in [3.8, 4) is 0 Å². The van der Waals surface area contributed by atoms with Crippen LogP contribution in [0.3, 0.4) is 0 Å². The Bertz CT molecular complexity index is 656. The molecule has 4 nitrogen and oxygen atoms in total. The van der Waals surface area contributed by atoms with Gasteiger partial charge in [-0.05, 0) is 23.3 Å². The molecule has 5 heteroatoms. The molecule has 1 N–H and O–H groups in total. The molecule has 0 amide bonds. The van der Waals surface area contributed by atoms with Gasteiger partial charge in [0.15, 0.2) is 6.10 Å². The smallest absolute Gasteiger partial charge is 0.338 e. The molecular weight excluding hydrogens is 316 g/mol. The first-order valence-electron chi connectivity index (χ1n) is 7.41. The van der Waals surface area contributed by atoms with Crippen molar-refractivity contribution in [2.75, 3.05) is 6.61 Å². The number of aliphatic hydroxyl groups is 1. The minimum Gasteiger partial charge on any atom is -0.459 e. The number of carbonyl (C=O) groups excluding carboxylic acids is 1. The van der Waals surface area contributed by atoms with Crippen molar-refractivity contribution < 1.29 is 19.4 Å². The summed E-state index contributed by atoms with van der Waals surface area (Å²) in [7, 11) is 0. The van der Waals surface area contributed by atoms with Gasteiger partial charge in [0.2, 0.25) is 0 Å². The van der Waals surface area contributed by atoms with Crippen LogP contribution in [0.5, 0.6) is 0 Å². The fraction of sp³-hybridized carbons (Fsp3) is 0.278. The second kappa shape index (κ2) is 7.13. The van der Waals surface area contributed by atoms with Gasteiger partial charge in [-0.1, -0.05) is 54.1 Å². The Morgan fingerprint density at radius 3 is 2.57 bits per heavy atom. The van der Waals surface area contributed by atoms with E-state index < -0.39 is 18.2 Å². The number of aliphatic hydroxyl groups excluding tert-OH is 1. The summed E-state index contributed by atoms with van der Waals surface area (Å²) in [5.74, 6) is -0.806. The molecule has 2 aromatic carbocycles. The summed E-state index contributed by atoms with van der Waals surface area (Å²) in [6.07, 6.45) is -1.89. The van der Waals surface area contributed by atoms with Crippen molar-refractivity contribution in [3.05, 3.63) is 70.7 Å². The lowest BCUT2D eigenvalue weighted by Gasteiger charge is -2.17. The second-order valence-electron chi connectivity index (χ2n) is 5.50. The maximum Gasteiger partial charge on any atom is 0.338 e. The predicted octanol–water partition coefficient (Wildman–Crippen LogP) is 2.93. The summed E-state index contributed by atoms with van der Waals surface area (Å²) >= 11 is 5.87. The molecule has 0 aliphatic carbocycles. The molecular formula is C18H17ClO4. The van der Waals surface area contributed by atoms with Gasteiger partial charge in [0.25, 0.3) is 0 Å². The molecule has 1 heterocycles. The molecule has 0 spiro atoms.